The number of likely N-dealkylation sites (tertiary alicyclic amines) is 1. The summed E-state index contributed by atoms with van der Waals surface area (Å²) in [7, 11) is 0. The van der Waals surface area contributed by atoms with Crippen molar-refractivity contribution in [1.29, 1.82) is 0 Å². The maximum Gasteiger partial charge on any atom is 0.224 e. The number of ether oxygens (including phenoxy) is 1. The van der Waals surface area contributed by atoms with Gasteiger partial charge in [-0.25, -0.2) is 0 Å². The average molecular weight is 373 g/mol. The van der Waals surface area contributed by atoms with E-state index >= 15 is 0 Å². The summed E-state index contributed by atoms with van der Waals surface area (Å²) in [6.45, 7) is 3.71. The second-order valence-corrected chi connectivity index (χ2v) is 7.09. The number of benzene rings is 2. The number of carbonyl (C=O) groups excluding carboxylic acids is 1. The molecule has 5 heteroatoms. The van der Waals surface area contributed by atoms with Crippen LogP contribution in [0.4, 0.5) is 0 Å². The van der Waals surface area contributed by atoms with Gasteiger partial charge in [0.15, 0.2) is 0 Å². The topological polar surface area (TPSA) is 41.6 Å². The fourth-order valence-electron chi connectivity index (χ4n) is 3.30. The highest BCUT2D eigenvalue weighted by atomic mass is 35.5. The van der Waals surface area contributed by atoms with Gasteiger partial charge in [0.2, 0.25) is 5.91 Å². The zero-order valence-electron chi connectivity index (χ0n) is 14.9. The van der Waals surface area contributed by atoms with E-state index in [1.807, 2.05) is 18.2 Å². The van der Waals surface area contributed by atoms with Gasteiger partial charge in [-0.2, -0.15) is 0 Å². The Morgan fingerprint density at radius 1 is 1.19 bits per heavy atom. The number of amides is 1. The van der Waals surface area contributed by atoms with Crippen LogP contribution in [-0.4, -0.2) is 37.0 Å². The second kappa shape index (κ2) is 9.60. The molecule has 3 rings (SSSR count). The molecule has 1 saturated heterocycles. The lowest BCUT2D eigenvalue weighted by Gasteiger charge is -2.32. The summed E-state index contributed by atoms with van der Waals surface area (Å²) in [6.07, 6.45) is 2.01. The molecular formula is C21H25ClN2O2. The van der Waals surface area contributed by atoms with Gasteiger partial charge >= 0.3 is 0 Å². The number of hydrogen-bond acceptors (Lipinski definition) is 3. The number of halogens is 1. The zero-order valence-corrected chi connectivity index (χ0v) is 15.6. The van der Waals surface area contributed by atoms with E-state index in [9.17, 15) is 4.79 Å². The summed E-state index contributed by atoms with van der Waals surface area (Å²) < 4.78 is 5.62. The fourth-order valence-corrected chi connectivity index (χ4v) is 3.48. The van der Waals surface area contributed by atoms with Gasteiger partial charge in [0.05, 0.1) is 12.5 Å². The first-order chi connectivity index (χ1) is 12.7. The van der Waals surface area contributed by atoms with Gasteiger partial charge < -0.3 is 10.1 Å². The number of carbonyl (C=O) groups is 1. The van der Waals surface area contributed by atoms with Crippen LogP contribution < -0.4 is 10.1 Å². The molecule has 138 valence electrons. The second-order valence-electron chi connectivity index (χ2n) is 6.66. The van der Waals surface area contributed by atoms with Crippen LogP contribution in [-0.2, 0) is 11.3 Å². The van der Waals surface area contributed by atoms with Crippen LogP contribution in [0.1, 0.15) is 18.4 Å². The van der Waals surface area contributed by atoms with Crippen molar-refractivity contribution in [3.05, 3.63) is 65.2 Å². The quantitative estimate of drug-likeness (QED) is 0.752. The molecule has 0 saturated carbocycles. The summed E-state index contributed by atoms with van der Waals surface area (Å²) in [5.74, 6) is 0.898. The van der Waals surface area contributed by atoms with E-state index in [2.05, 4.69) is 34.5 Å². The molecular weight excluding hydrogens is 348 g/mol. The van der Waals surface area contributed by atoms with Crippen molar-refractivity contribution in [1.82, 2.24) is 10.2 Å². The molecule has 0 aromatic heterocycles. The molecule has 4 nitrogen and oxygen atoms in total. The Bertz CT molecular complexity index is 708. The maximum atomic E-state index is 12.4. The minimum absolute atomic E-state index is 0.0543. The minimum atomic E-state index is 0.0543. The van der Waals surface area contributed by atoms with E-state index in [-0.39, 0.29) is 11.8 Å². The van der Waals surface area contributed by atoms with Crippen LogP contribution in [0.15, 0.2) is 54.6 Å². The van der Waals surface area contributed by atoms with Crippen LogP contribution in [0.25, 0.3) is 0 Å². The van der Waals surface area contributed by atoms with Crippen molar-refractivity contribution in [2.24, 2.45) is 5.92 Å². The standard InChI is InChI=1S/C21H25ClN2O2/c22-19-9-4-10-20(14-19)26-13-11-23-21(25)18-8-5-12-24(16-18)15-17-6-2-1-3-7-17/h1-4,6-7,9-10,14,18H,5,8,11-13,15-16H2,(H,23,25)/t18-/m0/s1. The maximum absolute atomic E-state index is 12.4. The monoisotopic (exact) mass is 372 g/mol. The highest BCUT2D eigenvalue weighted by Crippen LogP contribution is 2.19. The molecule has 2 aromatic carbocycles. The van der Waals surface area contributed by atoms with Gasteiger partial charge in [-0.15, -0.1) is 0 Å². The predicted molar refractivity (Wildman–Crippen MR) is 104 cm³/mol. The zero-order chi connectivity index (χ0) is 18.2. The highest BCUT2D eigenvalue weighted by molar-refractivity contribution is 6.30. The third-order valence-electron chi connectivity index (χ3n) is 4.59. The highest BCUT2D eigenvalue weighted by Gasteiger charge is 2.25. The van der Waals surface area contributed by atoms with Crippen molar-refractivity contribution in [3.8, 4) is 5.75 Å². The molecule has 0 spiro atoms. The summed E-state index contributed by atoms with van der Waals surface area (Å²) in [5.41, 5.74) is 1.29. The lowest BCUT2D eigenvalue weighted by molar-refractivity contribution is -0.126. The number of piperidine rings is 1. The first kappa shape index (κ1) is 18.7. The van der Waals surface area contributed by atoms with Crippen molar-refractivity contribution < 1.29 is 9.53 Å². The Morgan fingerprint density at radius 3 is 2.85 bits per heavy atom. The van der Waals surface area contributed by atoms with Crippen molar-refractivity contribution >= 4 is 17.5 Å². The van der Waals surface area contributed by atoms with E-state index in [4.69, 9.17) is 16.3 Å². The van der Waals surface area contributed by atoms with Gasteiger partial charge in [0, 0.05) is 18.1 Å². The third-order valence-corrected chi connectivity index (χ3v) is 4.83. The molecule has 0 unspecified atom stereocenters. The van der Waals surface area contributed by atoms with Gasteiger partial charge in [-0.1, -0.05) is 48.0 Å². The average Bonchev–Trinajstić information content (AvgIpc) is 2.66. The van der Waals surface area contributed by atoms with Crippen LogP contribution in [0.3, 0.4) is 0 Å². The Labute approximate surface area is 160 Å². The lowest BCUT2D eigenvalue weighted by Crippen LogP contribution is -2.43. The predicted octanol–water partition coefficient (Wildman–Crippen LogP) is 3.75. The summed E-state index contributed by atoms with van der Waals surface area (Å²) >= 11 is 5.93. The smallest absolute Gasteiger partial charge is 0.224 e. The molecule has 1 aliphatic heterocycles. The van der Waals surface area contributed by atoms with Crippen LogP contribution in [0.5, 0.6) is 5.75 Å². The molecule has 1 aliphatic rings. The van der Waals surface area contributed by atoms with Crippen LogP contribution in [0, 0.1) is 5.92 Å². The van der Waals surface area contributed by atoms with E-state index in [1.165, 1.54) is 5.56 Å². The van der Waals surface area contributed by atoms with Crippen LogP contribution >= 0.6 is 11.6 Å². The Balaban J connectivity index is 1.40. The third kappa shape index (κ3) is 5.75. The molecule has 1 fully saturated rings. The molecule has 2 aromatic rings. The van der Waals surface area contributed by atoms with Crippen molar-refractivity contribution in [3.63, 3.8) is 0 Å². The fraction of sp³-hybridized carbons (Fsp3) is 0.381. The van der Waals surface area contributed by atoms with Crippen molar-refractivity contribution in [2.75, 3.05) is 26.2 Å². The van der Waals surface area contributed by atoms with Gasteiger partial charge in [-0.05, 0) is 43.1 Å². The molecule has 0 radical (unpaired) electrons. The minimum Gasteiger partial charge on any atom is -0.492 e. The Hall–Kier alpha value is -2.04. The first-order valence-electron chi connectivity index (χ1n) is 9.13. The summed E-state index contributed by atoms with van der Waals surface area (Å²) in [4.78, 5) is 14.8. The first-order valence-corrected chi connectivity index (χ1v) is 9.51. The van der Waals surface area contributed by atoms with E-state index < -0.39 is 0 Å². The molecule has 1 heterocycles. The SMILES string of the molecule is O=C(NCCOc1cccc(Cl)c1)[C@H]1CCCN(Cc2ccccc2)C1. The van der Waals surface area contributed by atoms with Gasteiger partial charge in [-0.3, -0.25) is 9.69 Å². The molecule has 26 heavy (non-hydrogen) atoms. The molecule has 1 atom stereocenters. The summed E-state index contributed by atoms with van der Waals surface area (Å²) in [5, 5.41) is 3.64. The molecule has 0 aliphatic carbocycles. The van der Waals surface area contributed by atoms with E-state index in [0.717, 1.165) is 38.2 Å². The van der Waals surface area contributed by atoms with E-state index in [0.29, 0.717) is 18.2 Å². The number of nitrogens with one attached hydrogen (secondary N) is 1. The lowest BCUT2D eigenvalue weighted by atomic mass is 9.96. The molecule has 1 N–H and O–H groups in total. The Kier molecular flexibility index (Phi) is 6.92. The van der Waals surface area contributed by atoms with E-state index in [1.54, 1.807) is 12.1 Å². The normalized spacial score (nSPS) is 17.7. The van der Waals surface area contributed by atoms with Crippen LogP contribution in [0.2, 0.25) is 5.02 Å². The van der Waals surface area contributed by atoms with Gasteiger partial charge in [0.25, 0.3) is 0 Å². The summed E-state index contributed by atoms with van der Waals surface area (Å²) in [6, 6.07) is 17.7. The molecule has 0 bridgehead atoms. The molecule has 1 amide bonds. The number of hydrogen-bond donors (Lipinski definition) is 1. The number of rotatable bonds is 7. The Morgan fingerprint density at radius 2 is 2.04 bits per heavy atom. The van der Waals surface area contributed by atoms with Crippen molar-refractivity contribution in [2.45, 2.75) is 19.4 Å². The van der Waals surface area contributed by atoms with Gasteiger partial charge in [0.1, 0.15) is 12.4 Å². The largest absolute Gasteiger partial charge is 0.492 e. The number of nitrogens with zero attached hydrogens (tertiary/aromatic N) is 1.